The molecule has 0 aliphatic heterocycles. The highest BCUT2D eigenvalue weighted by atomic mass is 19.4. The van der Waals surface area contributed by atoms with E-state index >= 15 is 0 Å². The molecule has 0 radical (unpaired) electrons. The highest BCUT2D eigenvalue weighted by Crippen LogP contribution is 2.38. The number of alkyl halides is 5. The Morgan fingerprint density at radius 2 is 1.07 bits per heavy atom. The maximum atomic E-state index is 14.4. The standard InChI is InChI=1S/C22H15F5N2O/c23-21(24,22(25,26)27)20(19(30)16-10-4-1-5-11-16)28-29(17-12-6-2-7-13-17)18-14-8-3-9-15-18/h1-15H. The number of hydrazone groups is 1. The number of hydrogen-bond acceptors (Lipinski definition) is 3. The van der Waals surface area contributed by atoms with E-state index in [4.69, 9.17) is 0 Å². The van der Waals surface area contributed by atoms with E-state index in [2.05, 4.69) is 5.10 Å². The second-order valence-electron chi connectivity index (χ2n) is 6.20. The van der Waals surface area contributed by atoms with Gasteiger partial charge in [-0.1, -0.05) is 66.7 Å². The number of halogens is 5. The number of ketones is 1. The second-order valence-corrected chi connectivity index (χ2v) is 6.20. The van der Waals surface area contributed by atoms with Crippen molar-refractivity contribution in [3.63, 3.8) is 0 Å². The van der Waals surface area contributed by atoms with Gasteiger partial charge in [0.25, 0.3) is 0 Å². The highest BCUT2D eigenvalue weighted by molar-refractivity contribution is 6.48. The first kappa shape index (κ1) is 21.2. The van der Waals surface area contributed by atoms with Crippen LogP contribution < -0.4 is 5.01 Å². The van der Waals surface area contributed by atoms with Crippen molar-refractivity contribution in [2.75, 3.05) is 5.01 Å². The van der Waals surface area contributed by atoms with Crippen molar-refractivity contribution in [2.24, 2.45) is 5.10 Å². The van der Waals surface area contributed by atoms with E-state index in [0.29, 0.717) is 0 Å². The fraction of sp³-hybridized carbons (Fsp3) is 0.0909. The number of para-hydroxylation sites is 2. The molecule has 0 saturated carbocycles. The van der Waals surface area contributed by atoms with Gasteiger partial charge >= 0.3 is 12.1 Å². The van der Waals surface area contributed by atoms with Crippen molar-refractivity contribution in [2.45, 2.75) is 12.1 Å². The molecule has 0 bridgehead atoms. The molecule has 0 saturated heterocycles. The van der Waals surface area contributed by atoms with E-state index in [0.717, 1.165) is 17.1 Å². The molecule has 3 rings (SSSR count). The molecule has 0 N–H and O–H groups in total. The van der Waals surface area contributed by atoms with Crippen LogP contribution in [-0.4, -0.2) is 23.6 Å². The van der Waals surface area contributed by atoms with Crippen LogP contribution in [0.2, 0.25) is 0 Å². The van der Waals surface area contributed by atoms with Crippen LogP contribution in [0.1, 0.15) is 10.4 Å². The lowest BCUT2D eigenvalue weighted by atomic mass is 10.0. The second kappa shape index (κ2) is 8.44. The normalized spacial score (nSPS) is 12.5. The van der Waals surface area contributed by atoms with Crippen molar-refractivity contribution in [1.82, 2.24) is 0 Å². The third-order valence-corrected chi connectivity index (χ3v) is 4.11. The van der Waals surface area contributed by atoms with Crippen molar-refractivity contribution in [3.05, 3.63) is 96.6 Å². The van der Waals surface area contributed by atoms with Crippen LogP contribution in [0.15, 0.2) is 96.1 Å². The minimum Gasteiger partial charge on any atom is -0.287 e. The summed E-state index contributed by atoms with van der Waals surface area (Å²) in [4.78, 5) is 12.7. The molecular formula is C22H15F5N2O. The molecule has 3 nitrogen and oxygen atoms in total. The van der Waals surface area contributed by atoms with Gasteiger partial charge in [0.2, 0.25) is 5.78 Å². The summed E-state index contributed by atoms with van der Waals surface area (Å²) in [6.07, 6.45) is -6.00. The molecule has 0 unspecified atom stereocenters. The van der Waals surface area contributed by atoms with E-state index in [1.807, 2.05) is 0 Å². The molecule has 0 amide bonds. The van der Waals surface area contributed by atoms with Crippen molar-refractivity contribution < 1.29 is 26.7 Å². The lowest BCUT2D eigenvalue weighted by molar-refractivity contribution is -0.248. The van der Waals surface area contributed by atoms with Crippen LogP contribution in [0, 0.1) is 0 Å². The maximum absolute atomic E-state index is 14.4. The SMILES string of the molecule is O=C(C(=NN(c1ccccc1)c1ccccc1)C(F)(F)C(F)(F)F)c1ccccc1. The van der Waals surface area contributed by atoms with E-state index in [-0.39, 0.29) is 16.9 Å². The average Bonchev–Trinajstić information content (AvgIpc) is 2.75. The summed E-state index contributed by atoms with van der Waals surface area (Å²) in [5, 5.41) is 4.45. The fourth-order valence-corrected chi connectivity index (χ4v) is 2.61. The molecule has 154 valence electrons. The van der Waals surface area contributed by atoms with Crippen LogP contribution >= 0.6 is 0 Å². The first-order chi connectivity index (χ1) is 14.2. The monoisotopic (exact) mass is 418 g/mol. The zero-order valence-electron chi connectivity index (χ0n) is 15.4. The van der Waals surface area contributed by atoms with Crippen LogP contribution in [0.5, 0.6) is 0 Å². The summed E-state index contributed by atoms with van der Waals surface area (Å²) >= 11 is 0. The van der Waals surface area contributed by atoms with Gasteiger partial charge in [-0.2, -0.15) is 27.1 Å². The number of nitrogens with zero attached hydrogens (tertiary/aromatic N) is 2. The number of rotatable bonds is 6. The number of anilines is 2. The minimum atomic E-state index is -6.00. The Balaban J connectivity index is 2.22. The topological polar surface area (TPSA) is 32.7 Å². The first-order valence-electron chi connectivity index (χ1n) is 8.75. The number of hydrogen-bond donors (Lipinski definition) is 0. The van der Waals surface area contributed by atoms with Gasteiger partial charge in [-0.15, -0.1) is 0 Å². The summed E-state index contributed by atoms with van der Waals surface area (Å²) in [6, 6.07) is 22.0. The van der Waals surface area contributed by atoms with Gasteiger partial charge in [-0.25, -0.2) is 5.01 Å². The molecule has 0 atom stereocenters. The Labute approximate surface area is 169 Å². The number of carbonyl (C=O) groups is 1. The van der Waals surface area contributed by atoms with E-state index in [1.54, 1.807) is 36.4 Å². The molecule has 3 aromatic rings. The third kappa shape index (κ3) is 4.37. The predicted molar refractivity (Wildman–Crippen MR) is 104 cm³/mol. The highest BCUT2D eigenvalue weighted by Gasteiger charge is 2.63. The van der Waals surface area contributed by atoms with E-state index < -0.39 is 23.6 Å². The zero-order chi connectivity index (χ0) is 21.8. The molecule has 0 spiro atoms. The van der Waals surface area contributed by atoms with E-state index in [1.165, 1.54) is 42.5 Å². The fourth-order valence-electron chi connectivity index (χ4n) is 2.61. The van der Waals surface area contributed by atoms with Gasteiger partial charge in [0.05, 0.1) is 11.4 Å². The molecule has 0 heterocycles. The van der Waals surface area contributed by atoms with Gasteiger partial charge in [0.15, 0.2) is 5.71 Å². The Hall–Kier alpha value is -3.55. The zero-order valence-corrected chi connectivity index (χ0v) is 15.4. The summed E-state index contributed by atoms with van der Waals surface area (Å²) in [5.74, 6) is -6.99. The van der Waals surface area contributed by atoms with Crippen molar-refractivity contribution in [1.29, 1.82) is 0 Å². The van der Waals surface area contributed by atoms with Crippen LogP contribution in [0.25, 0.3) is 0 Å². The summed E-state index contributed by atoms with van der Waals surface area (Å²) < 4.78 is 68.5. The molecule has 8 heteroatoms. The number of benzene rings is 3. The van der Waals surface area contributed by atoms with Crippen LogP contribution in [0.3, 0.4) is 0 Å². The van der Waals surface area contributed by atoms with Crippen LogP contribution in [0.4, 0.5) is 33.3 Å². The Morgan fingerprint density at radius 3 is 1.47 bits per heavy atom. The molecule has 0 aromatic heterocycles. The van der Waals surface area contributed by atoms with Crippen molar-refractivity contribution >= 4 is 22.9 Å². The Bertz CT molecular complexity index is 980. The molecule has 3 aromatic carbocycles. The maximum Gasteiger partial charge on any atom is 0.459 e. The molecular weight excluding hydrogens is 403 g/mol. The Morgan fingerprint density at radius 1 is 0.667 bits per heavy atom. The largest absolute Gasteiger partial charge is 0.459 e. The molecule has 0 aliphatic rings. The average molecular weight is 418 g/mol. The number of carbonyl (C=O) groups excluding carboxylic acids is 1. The summed E-state index contributed by atoms with van der Waals surface area (Å²) in [7, 11) is 0. The molecule has 0 fully saturated rings. The van der Waals surface area contributed by atoms with Crippen LogP contribution in [-0.2, 0) is 0 Å². The lowest BCUT2D eigenvalue weighted by Gasteiger charge is -2.25. The predicted octanol–water partition coefficient (Wildman–Crippen LogP) is 6.26. The van der Waals surface area contributed by atoms with Crippen molar-refractivity contribution in [3.8, 4) is 0 Å². The summed E-state index contributed by atoms with van der Waals surface area (Å²) in [6.45, 7) is 0. The minimum absolute atomic E-state index is 0.208. The summed E-state index contributed by atoms with van der Waals surface area (Å²) in [5.41, 5.74) is -1.84. The van der Waals surface area contributed by atoms with E-state index in [9.17, 15) is 26.7 Å². The molecule has 30 heavy (non-hydrogen) atoms. The van der Waals surface area contributed by atoms with Gasteiger partial charge in [0.1, 0.15) is 0 Å². The van der Waals surface area contributed by atoms with Gasteiger partial charge in [0, 0.05) is 5.56 Å². The smallest absolute Gasteiger partial charge is 0.287 e. The lowest BCUT2D eigenvalue weighted by Crippen LogP contribution is -2.48. The number of Topliss-reactive ketones (excluding diaryl/α,β-unsaturated/α-hetero) is 1. The third-order valence-electron chi connectivity index (χ3n) is 4.11. The van der Waals surface area contributed by atoms with Gasteiger partial charge in [-0.05, 0) is 24.3 Å². The Kier molecular flexibility index (Phi) is 5.96. The quantitative estimate of drug-likeness (QED) is 0.205. The van der Waals surface area contributed by atoms with Gasteiger partial charge in [-0.3, -0.25) is 4.79 Å². The molecule has 0 aliphatic carbocycles. The first-order valence-corrected chi connectivity index (χ1v) is 8.75. The van der Waals surface area contributed by atoms with Gasteiger partial charge < -0.3 is 0 Å².